The van der Waals surface area contributed by atoms with E-state index in [1.165, 1.54) is 11.8 Å². The Balaban J connectivity index is 2.74. The zero-order chi connectivity index (χ0) is 11.8. The number of hydrogen-bond acceptors (Lipinski definition) is 6. The van der Waals surface area contributed by atoms with E-state index in [1.807, 2.05) is 6.26 Å². The van der Waals surface area contributed by atoms with E-state index in [0.29, 0.717) is 11.9 Å². The number of aromatic nitrogens is 3. The fraction of sp³-hybridized carbons (Fsp3) is 0.700. The maximum atomic E-state index is 4.30. The van der Waals surface area contributed by atoms with Gasteiger partial charge in [-0.2, -0.15) is 15.0 Å². The highest BCUT2D eigenvalue weighted by Gasteiger charge is 2.04. The summed E-state index contributed by atoms with van der Waals surface area (Å²) in [4.78, 5) is 12.9. The average Bonchev–Trinajstić information content (AvgIpc) is 2.33. The van der Waals surface area contributed by atoms with Crippen molar-refractivity contribution in [2.24, 2.45) is 0 Å². The Hall–Kier alpha value is -1.04. The third-order valence-corrected chi connectivity index (χ3v) is 2.41. The molecule has 0 amide bonds. The molecule has 0 unspecified atom stereocenters. The van der Waals surface area contributed by atoms with Gasteiger partial charge in [-0.3, -0.25) is 0 Å². The van der Waals surface area contributed by atoms with Crippen LogP contribution in [0, 0.1) is 0 Å². The quantitative estimate of drug-likeness (QED) is 0.714. The van der Waals surface area contributed by atoms with Crippen LogP contribution in [0.3, 0.4) is 0 Å². The predicted molar refractivity (Wildman–Crippen MR) is 69.2 cm³/mol. The SMILES string of the molecule is CCCNc1nc(NCCC)nc(SC)n1. The van der Waals surface area contributed by atoms with E-state index in [4.69, 9.17) is 0 Å². The lowest BCUT2D eigenvalue weighted by Crippen LogP contribution is -2.10. The lowest BCUT2D eigenvalue weighted by atomic mass is 10.5. The molecule has 5 nitrogen and oxygen atoms in total. The van der Waals surface area contributed by atoms with Crippen molar-refractivity contribution in [1.29, 1.82) is 0 Å². The number of nitrogens with one attached hydrogen (secondary N) is 2. The molecule has 16 heavy (non-hydrogen) atoms. The van der Waals surface area contributed by atoms with Crippen LogP contribution in [0.1, 0.15) is 26.7 Å². The topological polar surface area (TPSA) is 62.7 Å². The average molecular weight is 241 g/mol. The van der Waals surface area contributed by atoms with Crippen LogP contribution in [0.25, 0.3) is 0 Å². The fourth-order valence-electron chi connectivity index (χ4n) is 1.08. The van der Waals surface area contributed by atoms with Crippen molar-refractivity contribution in [2.45, 2.75) is 31.8 Å². The van der Waals surface area contributed by atoms with Gasteiger partial charge in [-0.15, -0.1) is 0 Å². The second kappa shape index (κ2) is 7.27. The molecule has 6 heteroatoms. The van der Waals surface area contributed by atoms with E-state index < -0.39 is 0 Å². The van der Waals surface area contributed by atoms with Crippen molar-refractivity contribution in [3.63, 3.8) is 0 Å². The molecule has 0 aliphatic heterocycles. The maximum Gasteiger partial charge on any atom is 0.228 e. The van der Waals surface area contributed by atoms with E-state index in [9.17, 15) is 0 Å². The second-order valence-electron chi connectivity index (χ2n) is 3.32. The zero-order valence-corrected chi connectivity index (χ0v) is 10.9. The molecule has 0 bridgehead atoms. The molecule has 1 heterocycles. The monoisotopic (exact) mass is 241 g/mol. The third kappa shape index (κ3) is 4.22. The molecule has 0 saturated carbocycles. The van der Waals surface area contributed by atoms with Gasteiger partial charge in [0.05, 0.1) is 0 Å². The van der Waals surface area contributed by atoms with Gasteiger partial charge in [0.25, 0.3) is 0 Å². The molecule has 0 fully saturated rings. The van der Waals surface area contributed by atoms with Gasteiger partial charge in [0, 0.05) is 13.1 Å². The van der Waals surface area contributed by atoms with Crippen molar-refractivity contribution in [3.05, 3.63) is 0 Å². The minimum absolute atomic E-state index is 0.653. The predicted octanol–water partition coefficient (Wildman–Crippen LogP) is 2.24. The molecule has 1 aromatic heterocycles. The number of nitrogens with zero attached hydrogens (tertiary/aromatic N) is 3. The summed E-state index contributed by atoms with van der Waals surface area (Å²) in [6, 6.07) is 0. The molecule has 0 aliphatic carbocycles. The van der Waals surface area contributed by atoms with Crippen LogP contribution in [0.4, 0.5) is 11.9 Å². The van der Waals surface area contributed by atoms with Gasteiger partial charge >= 0.3 is 0 Å². The Morgan fingerprint density at radius 1 is 0.938 bits per heavy atom. The maximum absolute atomic E-state index is 4.30. The minimum Gasteiger partial charge on any atom is -0.354 e. The van der Waals surface area contributed by atoms with Crippen molar-refractivity contribution >= 4 is 23.7 Å². The number of rotatable bonds is 7. The van der Waals surface area contributed by atoms with Gasteiger partial charge in [-0.25, -0.2) is 0 Å². The van der Waals surface area contributed by atoms with Gasteiger partial charge in [0.15, 0.2) is 5.16 Å². The van der Waals surface area contributed by atoms with E-state index in [0.717, 1.165) is 31.1 Å². The Bertz CT molecular complexity index is 292. The summed E-state index contributed by atoms with van der Waals surface area (Å²) >= 11 is 1.52. The van der Waals surface area contributed by atoms with Gasteiger partial charge in [0.1, 0.15) is 0 Å². The first-order valence-corrected chi connectivity index (χ1v) is 6.80. The van der Waals surface area contributed by atoms with Crippen LogP contribution in [-0.4, -0.2) is 34.3 Å². The van der Waals surface area contributed by atoms with Gasteiger partial charge in [-0.05, 0) is 19.1 Å². The van der Waals surface area contributed by atoms with E-state index in [-0.39, 0.29) is 0 Å². The fourth-order valence-corrected chi connectivity index (χ4v) is 1.44. The standard InChI is InChI=1S/C10H19N5S/c1-4-6-11-8-13-9(12-7-5-2)15-10(14-8)16-3/h4-7H2,1-3H3,(H2,11,12,13,14,15). The minimum atomic E-state index is 0.653. The summed E-state index contributed by atoms with van der Waals surface area (Å²) in [5.74, 6) is 1.31. The summed E-state index contributed by atoms with van der Waals surface area (Å²) in [5.41, 5.74) is 0. The van der Waals surface area contributed by atoms with Gasteiger partial charge in [-0.1, -0.05) is 25.6 Å². The molecule has 2 N–H and O–H groups in total. The van der Waals surface area contributed by atoms with E-state index in [1.54, 1.807) is 0 Å². The molecule has 90 valence electrons. The van der Waals surface area contributed by atoms with Crippen LogP contribution in [0.5, 0.6) is 0 Å². The lowest BCUT2D eigenvalue weighted by molar-refractivity contribution is 0.864. The molecule has 0 saturated heterocycles. The van der Waals surface area contributed by atoms with E-state index >= 15 is 0 Å². The second-order valence-corrected chi connectivity index (χ2v) is 4.10. The summed E-state index contributed by atoms with van der Waals surface area (Å²) < 4.78 is 0. The number of thioether (sulfide) groups is 1. The smallest absolute Gasteiger partial charge is 0.228 e. The van der Waals surface area contributed by atoms with Gasteiger partial charge in [0.2, 0.25) is 11.9 Å². The Kier molecular flexibility index (Phi) is 5.92. The summed E-state index contributed by atoms with van der Waals surface area (Å²) in [5, 5.41) is 7.08. The molecular weight excluding hydrogens is 222 g/mol. The van der Waals surface area contributed by atoms with Crippen LogP contribution >= 0.6 is 11.8 Å². The van der Waals surface area contributed by atoms with Crippen LogP contribution in [0.2, 0.25) is 0 Å². The number of hydrogen-bond donors (Lipinski definition) is 2. The van der Waals surface area contributed by atoms with Crippen LogP contribution in [0.15, 0.2) is 5.16 Å². The molecule has 1 rings (SSSR count). The van der Waals surface area contributed by atoms with Crippen molar-refractivity contribution in [1.82, 2.24) is 15.0 Å². The molecular formula is C10H19N5S. The third-order valence-electron chi connectivity index (χ3n) is 1.86. The Morgan fingerprint density at radius 3 is 1.81 bits per heavy atom. The zero-order valence-electron chi connectivity index (χ0n) is 10.1. The van der Waals surface area contributed by atoms with Crippen LogP contribution < -0.4 is 10.6 Å². The molecule has 0 aromatic carbocycles. The first-order valence-electron chi connectivity index (χ1n) is 5.58. The highest BCUT2D eigenvalue weighted by molar-refractivity contribution is 7.98. The summed E-state index contributed by atoms with van der Waals surface area (Å²) in [7, 11) is 0. The highest BCUT2D eigenvalue weighted by Crippen LogP contribution is 2.13. The molecule has 0 spiro atoms. The lowest BCUT2D eigenvalue weighted by Gasteiger charge is -2.07. The van der Waals surface area contributed by atoms with Gasteiger partial charge < -0.3 is 10.6 Å². The summed E-state index contributed by atoms with van der Waals surface area (Å²) in [6.07, 6.45) is 4.07. The normalized spacial score (nSPS) is 10.2. The highest BCUT2D eigenvalue weighted by atomic mass is 32.2. The molecule has 0 atom stereocenters. The number of anilines is 2. The molecule has 1 aromatic rings. The largest absolute Gasteiger partial charge is 0.354 e. The molecule has 0 aliphatic rings. The Morgan fingerprint density at radius 2 is 1.44 bits per heavy atom. The van der Waals surface area contributed by atoms with E-state index in [2.05, 4.69) is 39.4 Å². The van der Waals surface area contributed by atoms with Crippen molar-refractivity contribution in [2.75, 3.05) is 30.0 Å². The summed E-state index contributed by atoms with van der Waals surface area (Å²) in [6.45, 7) is 5.98. The van der Waals surface area contributed by atoms with Crippen LogP contribution in [-0.2, 0) is 0 Å². The Labute approximate surface area is 101 Å². The first kappa shape index (κ1) is 13.0. The van der Waals surface area contributed by atoms with Crippen molar-refractivity contribution < 1.29 is 0 Å². The van der Waals surface area contributed by atoms with Crippen molar-refractivity contribution in [3.8, 4) is 0 Å². The first-order chi connectivity index (χ1) is 7.80. The molecule has 0 radical (unpaired) electrons.